The van der Waals surface area contributed by atoms with E-state index in [1.165, 1.54) is 56.3 Å². The fraction of sp³-hybridized carbons (Fsp3) is 0.647. The van der Waals surface area contributed by atoms with Crippen molar-refractivity contribution in [1.29, 1.82) is 0 Å². The molecule has 1 N–H and O–H groups in total. The second kappa shape index (κ2) is 8.34. The summed E-state index contributed by atoms with van der Waals surface area (Å²) in [5.74, 6) is 0. The van der Waals surface area contributed by atoms with E-state index in [9.17, 15) is 0 Å². The van der Waals surface area contributed by atoms with E-state index in [0.29, 0.717) is 0 Å². The Labute approximate surface area is 118 Å². The molecule has 0 aromatic heterocycles. The third-order valence-electron chi connectivity index (χ3n) is 3.95. The Bertz CT molecular complexity index is 354. The van der Waals surface area contributed by atoms with Crippen molar-refractivity contribution in [3.8, 4) is 0 Å². The quantitative estimate of drug-likeness (QED) is 0.787. The smallest absolute Gasteiger partial charge is 0.0236 e. The van der Waals surface area contributed by atoms with Gasteiger partial charge in [0.1, 0.15) is 0 Å². The second-order valence-corrected chi connectivity index (χ2v) is 5.64. The average molecular weight is 260 g/mol. The van der Waals surface area contributed by atoms with Crippen LogP contribution in [0, 0.1) is 0 Å². The van der Waals surface area contributed by atoms with E-state index in [-0.39, 0.29) is 0 Å². The summed E-state index contributed by atoms with van der Waals surface area (Å²) in [4.78, 5) is 2.63. The molecule has 2 nitrogen and oxygen atoms in total. The van der Waals surface area contributed by atoms with Gasteiger partial charge >= 0.3 is 0 Å². The van der Waals surface area contributed by atoms with Gasteiger partial charge in [0.25, 0.3) is 0 Å². The lowest BCUT2D eigenvalue weighted by molar-refractivity contribution is 0.276. The zero-order chi connectivity index (χ0) is 13.3. The van der Waals surface area contributed by atoms with Gasteiger partial charge in [-0.1, -0.05) is 44.0 Å². The van der Waals surface area contributed by atoms with E-state index >= 15 is 0 Å². The molecule has 1 aliphatic rings. The van der Waals surface area contributed by atoms with Crippen molar-refractivity contribution in [3.63, 3.8) is 0 Å². The topological polar surface area (TPSA) is 15.3 Å². The molecule has 2 rings (SSSR count). The highest BCUT2D eigenvalue weighted by Crippen LogP contribution is 2.16. The summed E-state index contributed by atoms with van der Waals surface area (Å²) in [6, 6.07) is 8.91. The van der Waals surface area contributed by atoms with E-state index in [2.05, 4.69) is 41.4 Å². The van der Waals surface area contributed by atoms with Gasteiger partial charge in [0.15, 0.2) is 0 Å². The molecule has 1 heterocycles. The average Bonchev–Trinajstić information content (AvgIpc) is 2.70. The Morgan fingerprint density at radius 1 is 1.00 bits per heavy atom. The molecular formula is C17H28N2. The van der Waals surface area contributed by atoms with Crippen molar-refractivity contribution in [2.45, 2.75) is 52.1 Å². The van der Waals surface area contributed by atoms with Crippen molar-refractivity contribution in [3.05, 3.63) is 35.4 Å². The van der Waals surface area contributed by atoms with Gasteiger partial charge in [0, 0.05) is 13.1 Å². The second-order valence-electron chi connectivity index (χ2n) is 5.64. The maximum atomic E-state index is 3.52. The minimum absolute atomic E-state index is 1.01. The first-order chi connectivity index (χ1) is 9.40. The van der Waals surface area contributed by atoms with Crippen molar-refractivity contribution >= 4 is 0 Å². The molecule has 106 valence electrons. The first kappa shape index (κ1) is 14.5. The number of nitrogens with one attached hydrogen (secondary N) is 1. The molecule has 0 unspecified atom stereocenters. The molecule has 0 amide bonds. The Hall–Kier alpha value is -0.860. The molecule has 2 heteroatoms. The van der Waals surface area contributed by atoms with Crippen LogP contribution in [0.2, 0.25) is 0 Å². The van der Waals surface area contributed by atoms with Crippen LogP contribution in [-0.2, 0) is 13.1 Å². The number of likely N-dealkylation sites (tertiary alicyclic amines) is 1. The summed E-state index contributed by atoms with van der Waals surface area (Å²) in [6.45, 7) is 8.02. The number of benzene rings is 1. The molecule has 0 aliphatic carbocycles. The summed E-state index contributed by atoms with van der Waals surface area (Å²) in [5.41, 5.74) is 2.98. The van der Waals surface area contributed by atoms with E-state index < -0.39 is 0 Å². The number of nitrogens with zero attached hydrogens (tertiary/aromatic N) is 1. The van der Waals surface area contributed by atoms with Gasteiger partial charge in [0.2, 0.25) is 0 Å². The first-order valence-corrected chi connectivity index (χ1v) is 7.90. The van der Waals surface area contributed by atoms with E-state index in [1.807, 2.05) is 0 Å². The maximum Gasteiger partial charge on any atom is 0.0236 e. The van der Waals surface area contributed by atoms with Gasteiger partial charge in [-0.3, -0.25) is 4.90 Å². The predicted molar refractivity (Wildman–Crippen MR) is 82.2 cm³/mol. The zero-order valence-electron chi connectivity index (χ0n) is 12.3. The lowest BCUT2D eigenvalue weighted by Gasteiger charge is -2.21. The molecule has 1 saturated heterocycles. The highest BCUT2D eigenvalue weighted by Gasteiger charge is 2.11. The highest BCUT2D eigenvalue weighted by molar-refractivity contribution is 5.27. The SMILES string of the molecule is CCCNCc1ccccc1CN1CCCCCC1. The molecule has 19 heavy (non-hydrogen) atoms. The van der Waals surface area contributed by atoms with Crippen LogP contribution in [0.3, 0.4) is 0 Å². The van der Waals surface area contributed by atoms with Gasteiger partial charge in [-0.15, -0.1) is 0 Å². The van der Waals surface area contributed by atoms with Gasteiger partial charge in [-0.25, -0.2) is 0 Å². The Kier molecular flexibility index (Phi) is 6.38. The standard InChI is InChI=1S/C17H28N2/c1-2-11-18-14-16-9-5-6-10-17(16)15-19-12-7-3-4-8-13-19/h5-6,9-10,18H,2-4,7-8,11-15H2,1H3. The molecule has 0 spiro atoms. The normalized spacial score (nSPS) is 17.3. The molecule has 0 saturated carbocycles. The van der Waals surface area contributed by atoms with E-state index in [4.69, 9.17) is 0 Å². The molecular weight excluding hydrogens is 232 g/mol. The lowest BCUT2D eigenvalue weighted by atomic mass is 10.1. The minimum atomic E-state index is 1.01. The third-order valence-corrected chi connectivity index (χ3v) is 3.95. The third kappa shape index (κ3) is 4.96. The van der Waals surface area contributed by atoms with Crippen LogP contribution >= 0.6 is 0 Å². The fourth-order valence-corrected chi connectivity index (χ4v) is 2.82. The van der Waals surface area contributed by atoms with Crippen LogP contribution in [0.1, 0.15) is 50.2 Å². The van der Waals surface area contributed by atoms with Crippen LogP contribution < -0.4 is 5.32 Å². The Morgan fingerprint density at radius 2 is 1.68 bits per heavy atom. The highest BCUT2D eigenvalue weighted by atomic mass is 15.1. The van der Waals surface area contributed by atoms with Gasteiger partial charge < -0.3 is 5.32 Å². The largest absolute Gasteiger partial charge is 0.313 e. The van der Waals surface area contributed by atoms with Gasteiger partial charge in [0.05, 0.1) is 0 Å². The first-order valence-electron chi connectivity index (χ1n) is 7.90. The number of hydrogen-bond acceptors (Lipinski definition) is 2. The monoisotopic (exact) mass is 260 g/mol. The summed E-state index contributed by atoms with van der Waals surface area (Å²) in [7, 11) is 0. The predicted octanol–water partition coefficient (Wildman–Crippen LogP) is 3.56. The van der Waals surface area contributed by atoms with Crippen LogP contribution in [-0.4, -0.2) is 24.5 Å². The fourth-order valence-electron chi connectivity index (χ4n) is 2.82. The van der Waals surface area contributed by atoms with Crippen LogP contribution in [0.5, 0.6) is 0 Å². The van der Waals surface area contributed by atoms with Gasteiger partial charge in [-0.2, -0.15) is 0 Å². The molecule has 0 radical (unpaired) electrons. The van der Waals surface area contributed by atoms with Crippen molar-refractivity contribution in [2.75, 3.05) is 19.6 Å². The summed E-state index contributed by atoms with van der Waals surface area (Å²) in [6.07, 6.45) is 6.77. The van der Waals surface area contributed by atoms with Crippen molar-refractivity contribution in [2.24, 2.45) is 0 Å². The molecule has 1 aliphatic heterocycles. The Morgan fingerprint density at radius 3 is 2.37 bits per heavy atom. The van der Waals surface area contributed by atoms with Crippen molar-refractivity contribution < 1.29 is 0 Å². The molecule has 1 aromatic carbocycles. The van der Waals surface area contributed by atoms with Gasteiger partial charge in [-0.05, 0) is 50.0 Å². The molecule has 1 fully saturated rings. The van der Waals surface area contributed by atoms with Crippen LogP contribution in [0.15, 0.2) is 24.3 Å². The lowest BCUT2D eigenvalue weighted by Crippen LogP contribution is -2.25. The number of hydrogen-bond donors (Lipinski definition) is 1. The van der Waals surface area contributed by atoms with E-state index in [1.54, 1.807) is 0 Å². The van der Waals surface area contributed by atoms with Crippen molar-refractivity contribution in [1.82, 2.24) is 10.2 Å². The summed E-state index contributed by atoms with van der Waals surface area (Å²) in [5, 5.41) is 3.52. The summed E-state index contributed by atoms with van der Waals surface area (Å²) < 4.78 is 0. The Balaban J connectivity index is 1.93. The molecule has 0 bridgehead atoms. The zero-order valence-corrected chi connectivity index (χ0v) is 12.3. The molecule has 1 aromatic rings. The maximum absolute atomic E-state index is 3.52. The minimum Gasteiger partial charge on any atom is -0.313 e. The number of rotatable bonds is 6. The summed E-state index contributed by atoms with van der Waals surface area (Å²) >= 11 is 0. The molecule has 0 atom stereocenters. The van der Waals surface area contributed by atoms with Crippen LogP contribution in [0.25, 0.3) is 0 Å². The van der Waals surface area contributed by atoms with Crippen LogP contribution in [0.4, 0.5) is 0 Å². The van der Waals surface area contributed by atoms with E-state index in [0.717, 1.165) is 19.6 Å².